The summed E-state index contributed by atoms with van der Waals surface area (Å²) in [5.41, 5.74) is 0.978. The summed E-state index contributed by atoms with van der Waals surface area (Å²) < 4.78 is 27.0. The second-order valence-electron chi connectivity index (χ2n) is 6.12. The lowest BCUT2D eigenvalue weighted by Gasteiger charge is -2.38. The first-order chi connectivity index (χ1) is 12.3. The van der Waals surface area contributed by atoms with Crippen LogP contribution in [0.5, 0.6) is 0 Å². The van der Waals surface area contributed by atoms with Gasteiger partial charge in [-0.2, -0.15) is 0 Å². The summed E-state index contributed by atoms with van der Waals surface area (Å²) in [7, 11) is 0. The molecule has 134 valence electrons. The Bertz CT molecular complexity index is 1050. The second-order valence-corrected chi connectivity index (χ2v) is 7.43. The number of thiophene rings is 1. The van der Waals surface area contributed by atoms with E-state index < -0.39 is 24.9 Å². The number of rotatable bonds is 3. The van der Waals surface area contributed by atoms with Crippen molar-refractivity contribution in [1.82, 2.24) is 14.5 Å². The lowest BCUT2D eigenvalue weighted by molar-refractivity contribution is -0.166. The molecule has 0 spiro atoms. The minimum atomic E-state index is -2.84. The predicted molar refractivity (Wildman–Crippen MR) is 95.9 cm³/mol. The van der Waals surface area contributed by atoms with Crippen LogP contribution in [0, 0.1) is 0 Å². The Balaban J connectivity index is 1.68. The van der Waals surface area contributed by atoms with Gasteiger partial charge in [-0.3, -0.25) is 14.2 Å². The maximum absolute atomic E-state index is 12.9. The number of carbonyl (C=O) groups excluding carboxylic acids is 1. The fourth-order valence-corrected chi connectivity index (χ4v) is 3.96. The molecule has 1 aromatic carbocycles. The summed E-state index contributed by atoms with van der Waals surface area (Å²) >= 11 is 7.28. The molecule has 1 aliphatic rings. The van der Waals surface area contributed by atoms with Gasteiger partial charge >= 0.3 is 0 Å². The lowest BCUT2D eigenvalue weighted by Crippen LogP contribution is -2.59. The van der Waals surface area contributed by atoms with E-state index in [1.165, 1.54) is 17.7 Å². The highest BCUT2D eigenvalue weighted by atomic mass is 35.5. The van der Waals surface area contributed by atoms with Crippen molar-refractivity contribution in [3.05, 3.63) is 51.3 Å². The summed E-state index contributed by atoms with van der Waals surface area (Å²) in [6.07, 6.45) is 1.28. The second kappa shape index (κ2) is 6.14. The van der Waals surface area contributed by atoms with Crippen molar-refractivity contribution in [3.8, 4) is 10.4 Å². The first kappa shape index (κ1) is 17.1. The van der Waals surface area contributed by atoms with Crippen LogP contribution >= 0.6 is 22.9 Å². The van der Waals surface area contributed by atoms with Gasteiger partial charge in [-0.1, -0.05) is 23.7 Å². The van der Waals surface area contributed by atoms with Gasteiger partial charge in [-0.15, -0.1) is 11.3 Å². The number of likely N-dealkylation sites (tertiary alicyclic amines) is 1. The lowest BCUT2D eigenvalue weighted by atomic mass is 10.1. The predicted octanol–water partition coefficient (Wildman–Crippen LogP) is 3.26. The highest BCUT2D eigenvalue weighted by molar-refractivity contribution is 7.15. The highest BCUT2D eigenvalue weighted by Gasteiger charge is 2.46. The molecule has 0 N–H and O–H groups in total. The molecule has 1 fully saturated rings. The molecule has 2 aromatic heterocycles. The van der Waals surface area contributed by atoms with Crippen LogP contribution in [0.25, 0.3) is 21.3 Å². The van der Waals surface area contributed by atoms with Crippen molar-refractivity contribution >= 4 is 39.7 Å². The zero-order valence-electron chi connectivity index (χ0n) is 13.3. The van der Waals surface area contributed by atoms with E-state index in [2.05, 4.69) is 4.98 Å². The van der Waals surface area contributed by atoms with E-state index in [0.29, 0.717) is 15.9 Å². The first-order valence-electron chi connectivity index (χ1n) is 7.72. The minimum absolute atomic E-state index is 0.312. The van der Waals surface area contributed by atoms with E-state index in [9.17, 15) is 18.4 Å². The Morgan fingerprint density at radius 3 is 2.62 bits per heavy atom. The zero-order chi connectivity index (χ0) is 18.5. The average Bonchev–Trinajstić information content (AvgIpc) is 3.00. The molecule has 1 amide bonds. The number of aromatic nitrogens is 2. The van der Waals surface area contributed by atoms with Crippen LogP contribution in [0.15, 0.2) is 40.8 Å². The average molecular weight is 396 g/mol. The van der Waals surface area contributed by atoms with Gasteiger partial charge in [0, 0.05) is 15.3 Å². The Morgan fingerprint density at radius 1 is 1.27 bits per heavy atom. The number of halogens is 3. The third-order valence-corrected chi connectivity index (χ3v) is 5.46. The van der Waals surface area contributed by atoms with Gasteiger partial charge in [-0.05, 0) is 17.7 Å². The number of fused-ring (bicyclic) bond motifs is 1. The summed E-state index contributed by atoms with van der Waals surface area (Å²) in [5.74, 6) is -3.36. The van der Waals surface area contributed by atoms with E-state index in [1.54, 1.807) is 29.6 Å². The summed E-state index contributed by atoms with van der Waals surface area (Å²) in [6, 6.07) is 7.06. The molecule has 0 saturated carbocycles. The third kappa shape index (κ3) is 2.99. The monoisotopic (exact) mass is 395 g/mol. The van der Waals surface area contributed by atoms with Crippen molar-refractivity contribution in [3.63, 3.8) is 0 Å². The first-order valence-corrected chi connectivity index (χ1v) is 8.98. The largest absolute Gasteiger partial charge is 0.329 e. The van der Waals surface area contributed by atoms with Gasteiger partial charge in [0.25, 0.3) is 11.5 Å². The standard InChI is InChI=1S/C17H12ClF2N3O2S/c18-11-3-1-10(2-4-11)15-14-12(6-26-15)21-9-22(16(14)25)5-13(24)23-7-17(19,20)8-23/h1-4,6,9H,5,7-8H2. The molecular formula is C17H12ClF2N3O2S. The summed E-state index contributed by atoms with van der Waals surface area (Å²) in [5, 5.41) is 2.76. The molecule has 0 bridgehead atoms. The molecule has 0 atom stereocenters. The molecule has 26 heavy (non-hydrogen) atoms. The van der Waals surface area contributed by atoms with Crippen LogP contribution in [0.2, 0.25) is 5.02 Å². The number of hydrogen-bond donors (Lipinski definition) is 0. The molecule has 1 saturated heterocycles. The fourth-order valence-electron chi connectivity index (χ4n) is 2.84. The number of amides is 1. The van der Waals surface area contributed by atoms with E-state index in [1.807, 2.05) is 0 Å². The van der Waals surface area contributed by atoms with Gasteiger partial charge in [0.1, 0.15) is 6.54 Å². The molecule has 9 heteroatoms. The third-order valence-electron chi connectivity index (χ3n) is 4.19. The molecule has 0 radical (unpaired) electrons. The van der Waals surface area contributed by atoms with Crippen molar-refractivity contribution in [2.75, 3.05) is 13.1 Å². The van der Waals surface area contributed by atoms with Crippen LogP contribution in [0.4, 0.5) is 8.78 Å². The topological polar surface area (TPSA) is 55.2 Å². The number of alkyl halides is 2. The molecular weight excluding hydrogens is 384 g/mol. The van der Waals surface area contributed by atoms with Crippen molar-refractivity contribution in [2.45, 2.75) is 12.5 Å². The SMILES string of the molecule is O=C(Cn1cnc2csc(-c3ccc(Cl)cc3)c2c1=O)N1CC(F)(F)C1. The molecule has 1 aliphatic heterocycles. The molecule has 5 nitrogen and oxygen atoms in total. The van der Waals surface area contributed by atoms with Gasteiger partial charge in [0.05, 0.1) is 30.3 Å². The molecule has 0 aliphatic carbocycles. The Morgan fingerprint density at radius 2 is 1.96 bits per heavy atom. The van der Waals surface area contributed by atoms with Crippen LogP contribution in [-0.2, 0) is 11.3 Å². The summed E-state index contributed by atoms with van der Waals surface area (Å²) in [6.45, 7) is -1.52. The number of nitrogens with zero attached hydrogens (tertiary/aromatic N) is 3. The molecule has 0 unspecified atom stereocenters. The summed E-state index contributed by atoms with van der Waals surface area (Å²) in [4.78, 5) is 30.9. The van der Waals surface area contributed by atoms with E-state index in [-0.39, 0.29) is 12.1 Å². The van der Waals surface area contributed by atoms with Crippen LogP contribution in [-0.4, -0.2) is 39.4 Å². The van der Waals surface area contributed by atoms with E-state index in [4.69, 9.17) is 11.6 Å². The van der Waals surface area contributed by atoms with Gasteiger partial charge in [0.2, 0.25) is 5.91 Å². The van der Waals surface area contributed by atoms with Gasteiger partial charge < -0.3 is 4.90 Å². The van der Waals surface area contributed by atoms with Crippen molar-refractivity contribution in [2.24, 2.45) is 0 Å². The number of hydrogen-bond acceptors (Lipinski definition) is 4. The van der Waals surface area contributed by atoms with Crippen LogP contribution in [0.3, 0.4) is 0 Å². The Kier molecular flexibility index (Phi) is 4.04. The van der Waals surface area contributed by atoms with Crippen molar-refractivity contribution < 1.29 is 13.6 Å². The Hall–Kier alpha value is -2.32. The minimum Gasteiger partial charge on any atom is -0.329 e. The van der Waals surface area contributed by atoms with Crippen molar-refractivity contribution in [1.29, 1.82) is 0 Å². The number of benzene rings is 1. The normalized spacial score (nSPS) is 15.9. The maximum Gasteiger partial charge on any atom is 0.282 e. The molecule has 3 heterocycles. The number of carbonyl (C=O) groups is 1. The van der Waals surface area contributed by atoms with Crippen LogP contribution < -0.4 is 5.56 Å². The van der Waals surface area contributed by atoms with E-state index in [0.717, 1.165) is 19.9 Å². The highest BCUT2D eigenvalue weighted by Crippen LogP contribution is 2.32. The fraction of sp³-hybridized carbons (Fsp3) is 0.235. The maximum atomic E-state index is 12.9. The molecule has 4 rings (SSSR count). The Labute approximate surface area is 155 Å². The van der Waals surface area contributed by atoms with E-state index >= 15 is 0 Å². The quantitative estimate of drug-likeness (QED) is 0.684. The van der Waals surface area contributed by atoms with Gasteiger partial charge in [-0.25, -0.2) is 13.8 Å². The van der Waals surface area contributed by atoms with Gasteiger partial charge in [0.15, 0.2) is 0 Å². The molecule has 3 aromatic rings. The zero-order valence-corrected chi connectivity index (χ0v) is 14.9. The van der Waals surface area contributed by atoms with Crippen LogP contribution in [0.1, 0.15) is 0 Å². The smallest absolute Gasteiger partial charge is 0.282 e.